The Kier molecular flexibility index (Phi) is 3.78. The molecule has 0 aliphatic carbocycles. The van der Waals surface area contributed by atoms with E-state index < -0.39 is 0 Å². The lowest BCUT2D eigenvalue weighted by Gasteiger charge is -2.03. The molecule has 0 aliphatic heterocycles. The number of allylic oxidation sites excluding steroid dienone is 1. The van der Waals surface area contributed by atoms with Gasteiger partial charge < -0.3 is 5.11 Å². The first-order chi connectivity index (χ1) is 8.70. The van der Waals surface area contributed by atoms with Crippen LogP contribution >= 0.6 is 0 Å². The maximum atomic E-state index is 11.5. The van der Waals surface area contributed by atoms with Crippen LogP contribution in [-0.2, 0) is 4.79 Å². The van der Waals surface area contributed by atoms with Gasteiger partial charge in [0.05, 0.1) is 0 Å². The highest BCUT2D eigenvalue weighted by atomic mass is 16.3. The Labute approximate surface area is 107 Å². The summed E-state index contributed by atoms with van der Waals surface area (Å²) >= 11 is 0. The smallest absolute Gasteiger partial charge is 0.159 e. The fraction of sp³-hybridized carbons (Fsp3) is 0.188. The van der Waals surface area contributed by atoms with Gasteiger partial charge in [-0.15, -0.1) is 0 Å². The summed E-state index contributed by atoms with van der Waals surface area (Å²) < 4.78 is 0. The summed E-state index contributed by atoms with van der Waals surface area (Å²) in [6, 6.07) is 13.6. The van der Waals surface area contributed by atoms with E-state index in [2.05, 4.69) is 0 Å². The molecule has 18 heavy (non-hydrogen) atoms. The molecule has 0 atom stereocenters. The van der Waals surface area contributed by atoms with Crippen molar-refractivity contribution in [1.29, 1.82) is 0 Å². The Hall–Kier alpha value is -2.09. The van der Waals surface area contributed by atoms with E-state index in [1.54, 1.807) is 0 Å². The number of hydrogen-bond donors (Lipinski definition) is 1. The van der Waals surface area contributed by atoms with Crippen LogP contribution in [0.15, 0.2) is 48.5 Å². The summed E-state index contributed by atoms with van der Waals surface area (Å²) in [5.74, 6) is 0.00219. The highest BCUT2D eigenvalue weighted by molar-refractivity contribution is 5.96. The summed E-state index contributed by atoms with van der Waals surface area (Å²) in [5, 5.41) is 12.1. The third kappa shape index (κ3) is 2.77. The van der Waals surface area contributed by atoms with Crippen LogP contribution in [0.3, 0.4) is 0 Å². The zero-order valence-corrected chi connectivity index (χ0v) is 10.4. The Balaban J connectivity index is 2.33. The first-order valence-electron chi connectivity index (χ1n) is 6.13. The summed E-state index contributed by atoms with van der Waals surface area (Å²) in [6.45, 7) is 1.94. The van der Waals surface area contributed by atoms with Gasteiger partial charge in [-0.3, -0.25) is 4.79 Å². The Bertz CT molecular complexity index is 597. The van der Waals surface area contributed by atoms with E-state index in [9.17, 15) is 9.90 Å². The van der Waals surface area contributed by atoms with Crippen molar-refractivity contribution in [2.45, 2.75) is 19.8 Å². The van der Waals surface area contributed by atoms with Crippen LogP contribution in [0.4, 0.5) is 0 Å². The van der Waals surface area contributed by atoms with Crippen molar-refractivity contribution in [3.63, 3.8) is 0 Å². The van der Waals surface area contributed by atoms with Crippen molar-refractivity contribution in [3.8, 4) is 0 Å². The van der Waals surface area contributed by atoms with Crippen molar-refractivity contribution in [3.05, 3.63) is 54.1 Å². The van der Waals surface area contributed by atoms with Gasteiger partial charge >= 0.3 is 0 Å². The molecule has 1 N–H and O–H groups in total. The van der Waals surface area contributed by atoms with Gasteiger partial charge in [0.25, 0.3) is 0 Å². The third-order valence-electron chi connectivity index (χ3n) is 2.84. The number of rotatable bonds is 4. The number of aliphatic hydroxyl groups is 1. The molecule has 0 bridgehead atoms. The van der Waals surface area contributed by atoms with Crippen LogP contribution in [0.5, 0.6) is 0 Å². The molecule has 2 nitrogen and oxygen atoms in total. The largest absolute Gasteiger partial charge is 0.507 e. The number of carbonyl (C=O) groups excluding carboxylic acids is 1. The van der Waals surface area contributed by atoms with E-state index >= 15 is 0 Å². The molecule has 0 fully saturated rings. The summed E-state index contributed by atoms with van der Waals surface area (Å²) in [5.41, 5.74) is 0.679. The Morgan fingerprint density at radius 1 is 1.17 bits per heavy atom. The van der Waals surface area contributed by atoms with E-state index in [1.165, 1.54) is 6.08 Å². The Morgan fingerprint density at radius 3 is 2.61 bits per heavy atom. The minimum Gasteiger partial charge on any atom is -0.507 e. The fourth-order valence-corrected chi connectivity index (χ4v) is 1.90. The molecule has 92 valence electrons. The highest BCUT2D eigenvalue weighted by Crippen LogP contribution is 2.19. The summed E-state index contributed by atoms with van der Waals surface area (Å²) in [4.78, 5) is 11.5. The highest BCUT2D eigenvalue weighted by Gasteiger charge is 2.03. The monoisotopic (exact) mass is 240 g/mol. The molecular formula is C16H16O2. The number of carbonyl (C=O) groups is 1. The fourth-order valence-electron chi connectivity index (χ4n) is 1.90. The van der Waals surface area contributed by atoms with Gasteiger partial charge in [0.2, 0.25) is 0 Å². The molecular weight excluding hydrogens is 224 g/mol. The predicted molar refractivity (Wildman–Crippen MR) is 74.5 cm³/mol. The minimum atomic E-state index is -0.0387. The lowest BCUT2D eigenvalue weighted by Crippen LogP contribution is -1.94. The first kappa shape index (κ1) is 12.4. The average Bonchev–Trinajstić information content (AvgIpc) is 2.38. The van der Waals surface area contributed by atoms with Crippen LogP contribution in [-0.4, -0.2) is 10.9 Å². The van der Waals surface area contributed by atoms with Crippen LogP contribution < -0.4 is 0 Å². The standard InChI is InChI=1S/C16H16O2/c1-2-5-15(17)11-16(18)14-9-8-12-6-3-4-7-13(12)10-14/h3-4,6-11,18H,2,5H2,1H3/b16-11-. The minimum absolute atomic E-state index is 0.0387. The molecule has 2 rings (SSSR count). The van der Waals surface area contributed by atoms with Gasteiger partial charge in [-0.1, -0.05) is 43.3 Å². The van der Waals surface area contributed by atoms with Gasteiger partial charge in [0, 0.05) is 18.1 Å². The number of fused-ring (bicyclic) bond motifs is 1. The molecule has 0 unspecified atom stereocenters. The normalized spacial score (nSPS) is 11.7. The van der Waals surface area contributed by atoms with Crippen molar-refractivity contribution in [1.82, 2.24) is 0 Å². The number of ketones is 1. The van der Waals surface area contributed by atoms with Gasteiger partial charge in [-0.25, -0.2) is 0 Å². The van der Waals surface area contributed by atoms with Gasteiger partial charge in [-0.2, -0.15) is 0 Å². The molecule has 0 aromatic heterocycles. The number of aliphatic hydroxyl groups excluding tert-OH is 1. The van der Waals surface area contributed by atoms with Crippen LogP contribution in [0.25, 0.3) is 16.5 Å². The molecule has 0 amide bonds. The van der Waals surface area contributed by atoms with Crippen molar-refractivity contribution in [2.24, 2.45) is 0 Å². The van der Waals surface area contributed by atoms with E-state index in [4.69, 9.17) is 0 Å². The maximum absolute atomic E-state index is 11.5. The van der Waals surface area contributed by atoms with Crippen molar-refractivity contribution >= 4 is 22.3 Å². The third-order valence-corrected chi connectivity index (χ3v) is 2.84. The lowest BCUT2D eigenvalue weighted by atomic mass is 10.0. The van der Waals surface area contributed by atoms with E-state index in [0.717, 1.165) is 17.2 Å². The van der Waals surface area contributed by atoms with Crippen molar-refractivity contribution < 1.29 is 9.90 Å². The molecule has 0 aliphatic rings. The molecule has 0 radical (unpaired) electrons. The zero-order valence-electron chi connectivity index (χ0n) is 10.4. The van der Waals surface area contributed by atoms with E-state index in [0.29, 0.717) is 12.0 Å². The van der Waals surface area contributed by atoms with E-state index in [-0.39, 0.29) is 11.5 Å². The average molecular weight is 240 g/mol. The Morgan fingerprint density at radius 2 is 1.89 bits per heavy atom. The zero-order chi connectivity index (χ0) is 13.0. The van der Waals surface area contributed by atoms with Crippen molar-refractivity contribution in [2.75, 3.05) is 0 Å². The second-order valence-electron chi connectivity index (χ2n) is 4.31. The van der Waals surface area contributed by atoms with Gasteiger partial charge in [0.15, 0.2) is 5.78 Å². The van der Waals surface area contributed by atoms with E-state index in [1.807, 2.05) is 49.4 Å². The molecule has 0 saturated heterocycles. The van der Waals surface area contributed by atoms with Gasteiger partial charge in [-0.05, 0) is 23.3 Å². The predicted octanol–water partition coefficient (Wildman–Crippen LogP) is 4.11. The second kappa shape index (κ2) is 5.50. The molecule has 2 aromatic carbocycles. The number of benzene rings is 2. The van der Waals surface area contributed by atoms with Gasteiger partial charge in [0.1, 0.15) is 5.76 Å². The summed E-state index contributed by atoms with van der Waals surface area (Å²) in [6.07, 6.45) is 2.57. The molecule has 2 aromatic rings. The topological polar surface area (TPSA) is 37.3 Å². The van der Waals surface area contributed by atoms with Crippen LogP contribution in [0.2, 0.25) is 0 Å². The SMILES string of the molecule is CCCC(=O)/C=C(\O)c1ccc2ccccc2c1. The quantitative estimate of drug-likeness (QED) is 0.645. The van der Waals surface area contributed by atoms with Crippen LogP contribution in [0, 0.1) is 0 Å². The molecule has 0 spiro atoms. The molecule has 2 heteroatoms. The van der Waals surface area contributed by atoms with Crippen LogP contribution in [0.1, 0.15) is 25.3 Å². The summed E-state index contributed by atoms with van der Waals surface area (Å²) in [7, 11) is 0. The number of hydrogen-bond acceptors (Lipinski definition) is 2. The molecule has 0 heterocycles. The molecule has 0 saturated carbocycles. The maximum Gasteiger partial charge on any atom is 0.159 e. The second-order valence-corrected chi connectivity index (χ2v) is 4.31. The first-order valence-corrected chi connectivity index (χ1v) is 6.13. The lowest BCUT2D eigenvalue weighted by molar-refractivity contribution is -0.114.